The summed E-state index contributed by atoms with van der Waals surface area (Å²) in [4.78, 5) is 0. The van der Waals surface area contributed by atoms with Crippen LogP contribution in [-0.4, -0.2) is 26.3 Å². The fraction of sp³-hybridized carbons (Fsp3) is 0.600. The van der Waals surface area contributed by atoms with Gasteiger partial charge in [-0.25, -0.2) is 0 Å². The van der Waals surface area contributed by atoms with Gasteiger partial charge in [0.15, 0.2) is 0 Å². The first kappa shape index (κ1) is 16.8. The van der Waals surface area contributed by atoms with Crippen molar-refractivity contribution >= 4 is 23.2 Å². The summed E-state index contributed by atoms with van der Waals surface area (Å²) in [5, 5.41) is 4.78. The summed E-state index contributed by atoms with van der Waals surface area (Å²) in [7, 11) is 3.70. The first-order chi connectivity index (χ1) is 8.79. The molecule has 1 rings (SSSR count). The number of nitrogens with one attached hydrogen (secondary N) is 1. The first-order valence-electron chi connectivity index (χ1n) is 6.43. The molecule has 2 nitrogen and oxygen atoms in total. The van der Waals surface area contributed by atoms with Gasteiger partial charge in [-0.2, -0.15) is 0 Å². The number of ether oxygens (including phenoxy) is 1. The van der Waals surface area contributed by atoms with Crippen molar-refractivity contribution in [2.24, 2.45) is 5.41 Å². The molecule has 0 aliphatic heterocycles. The fourth-order valence-corrected chi connectivity index (χ4v) is 2.81. The van der Waals surface area contributed by atoms with Crippen molar-refractivity contribution in [1.82, 2.24) is 5.32 Å². The van der Waals surface area contributed by atoms with Crippen LogP contribution in [0.2, 0.25) is 10.0 Å². The molecule has 0 aliphatic rings. The van der Waals surface area contributed by atoms with Gasteiger partial charge in [0.05, 0.1) is 6.10 Å². The van der Waals surface area contributed by atoms with E-state index in [9.17, 15) is 0 Å². The van der Waals surface area contributed by atoms with Crippen LogP contribution in [-0.2, 0) is 11.2 Å². The quantitative estimate of drug-likeness (QED) is 0.881. The third kappa shape index (κ3) is 4.64. The van der Waals surface area contributed by atoms with Crippen molar-refractivity contribution in [3.05, 3.63) is 33.8 Å². The van der Waals surface area contributed by atoms with E-state index in [4.69, 9.17) is 27.9 Å². The third-order valence-electron chi connectivity index (χ3n) is 3.29. The van der Waals surface area contributed by atoms with Crippen molar-refractivity contribution in [2.45, 2.75) is 39.3 Å². The number of halogens is 2. The van der Waals surface area contributed by atoms with Crippen LogP contribution in [0.15, 0.2) is 18.2 Å². The fourth-order valence-electron chi connectivity index (χ4n) is 2.42. The minimum Gasteiger partial charge on any atom is -0.379 e. The van der Waals surface area contributed by atoms with Crippen molar-refractivity contribution < 1.29 is 4.74 Å². The monoisotopic (exact) mass is 303 g/mol. The lowest BCUT2D eigenvalue weighted by Gasteiger charge is -2.36. The summed E-state index contributed by atoms with van der Waals surface area (Å²) in [5.74, 6) is 0. The highest BCUT2D eigenvalue weighted by atomic mass is 35.5. The van der Waals surface area contributed by atoms with Crippen LogP contribution in [0.25, 0.3) is 0 Å². The summed E-state index contributed by atoms with van der Waals surface area (Å²) in [6.07, 6.45) is 0.874. The Kier molecular flexibility index (Phi) is 6.13. The molecule has 19 heavy (non-hydrogen) atoms. The molecule has 0 saturated carbocycles. The minimum atomic E-state index is 0.0491. The summed E-state index contributed by atoms with van der Waals surface area (Å²) in [6.45, 7) is 6.52. The molecule has 4 heteroatoms. The molecule has 1 N–H and O–H groups in total. The second kappa shape index (κ2) is 6.94. The van der Waals surface area contributed by atoms with E-state index in [1.165, 1.54) is 0 Å². The second-order valence-corrected chi connectivity index (χ2v) is 6.70. The molecular weight excluding hydrogens is 281 g/mol. The van der Waals surface area contributed by atoms with Crippen LogP contribution in [0.4, 0.5) is 0 Å². The molecule has 2 atom stereocenters. The molecule has 0 saturated heterocycles. The molecule has 0 radical (unpaired) electrons. The number of rotatable bonds is 5. The molecule has 0 bridgehead atoms. The molecule has 1 aromatic carbocycles. The number of hydrogen-bond acceptors (Lipinski definition) is 2. The van der Waals surface area contributed by atoms with Gasteiger partial charge in [-0.1, -0.05) is 44.0 Å². The van der Waals surface area contributed by atoms with Gasteiger partial charge in [-0.05, 0) is 42.6 Å². The Morgan fingerprint density at radius 3 is 2.37 bits per heavy atom. The van der Waals surface area contributed by atoms with Crippen molar-refractivity contribution in [1.29, 1.82) is 0 Å². The lowest BCUT2D eigenvalue weighted by atomic mass is 9.82. The largest absolute Gasteiger partial charge is 0.379 e. The van der Waals surface area contributed by atoms with Crippen LogP contribution in [0.1, 0.15) is 26.3 Å². The molecule has 1 aromatic rings. The third-order valence-corrected chi connectivity index (χ3v) is 3.90. The molecule has 0 heterocycles. The van der Waals surface area contributed by atoms with Gasteiger partial charge in [0.25, 0.3) is 0 Å². The van der Waals surface area contributed by atoms with E-state index < -0.39 is 0 Å². The lowest BCUT2D eigenvalue weighted by molar-refractivity contribution is -0.00920. The second-order valence-electron chi connectivity index (χ2n) is 5.86. The van der Waals surface area contributed by atoms with E-state index in [1.54, 1.807) is 13.2 Å². The Balaban J connectivity index is 2.95. The highest BCUT2D eigenvalue weighted by Gasteiger charge is 2.31. The normalized spacial score (nSPS) is 15.3. The van der Waals surface area contributed by atoms with E-state index in [0.29, 0.717) is 5.02 Å². The molecule has 0 amide bonds. The van der Waals surface area contributed by atoms with E-state index in [2.05, 4.69) is 26.1 Å². The molecular formula is C15H23Cl2NO. The van der Waals surface area contributed by atoms with Crippen molar-refractivity contribution in [2.75, 3.05) is 14.2 Å². The van der Waals surface area contributed by atoms with Crippen LogP contribution in [0.3, 0.4) is 0 Å². The zero-order valence-electron chi connectivity index (χ0n) is 12.3. The number of likely N-dealkylation sites (N-methyl/N-ethyl adjacent to an activating group) is 1. The Labute approximate surface area is 126 Å². The maximum atomic E-state index is 6.23. The predicted octanol–water partition coefficient (Wildman–Crippen LogP) is 4.19. The van der Waals surface area contributed by atoms with Gasteiger partial charge < -0.3 is 10.1 Å². The van der Waals surface area contributed by atoms with Gasteiger partial charge in [-0.15, -0.1) is 0 Å². The molecule has 0 fully saturated rings. The average Bonchev–Trinajstić information content (AvgIpc) is 2.31. The average molecular weight is 304 g/mol. The van der Waals surface area contributed by atoms with Gasteiger partial charge in [0.1, 0.15) is 0 Å². The predicted molar refractivity (Wildman–Crippen MR) is 83.3 cm³/mol. The Bertz CT molecular complexity index is 415. The van der Waals surface area contributed by atoms with Crippen LogP contribution in [0, 0.1) is 5.41 Å². The SMILES string of the molecule is CNC(Cc1cc(Cl)ccc1Cl)C(OC)C(C)(C)C. The number of benzene rings is 1. The lowest BCUT2D eigenvalue weighted by Crippen LogP contribution is -2.47. The number of methoxy groups -OCH3 is 1. The zero-order valence-corrected chi connectivity index (χ0v) is 13.8. The highest BCUT2D eigenvalue weighted by molar-refractivity contribution is 6.33. The van der Waals surface area contributed by atoms with Gasteiger partial charge >= 0.3 is 0 Å². The van der Waals surface area contributed by atoms with Crippen LogP contribution < -0.4 is 5.32 Å². The Morgan fingerprint density at radius 1 is 1.26 bits per heavy atom. The summed E-state index contributed by atoms with van der Waals surface area (Å²) in [6, 6.07) is 5.74. The van der Waals surface area contributed by atoms with Crippen LogP contribution >= 0.6 is 23.2 Å². The molecule has 2 unspecified atom stereocenters. The zero-order chi connectivity index (χ0) is 14.6. The molecule has 0 aromatic heterocycles. The topological polar surface area (TPSA) is 21.3 Å². The Morgan fingerprint density at radius 2 is 1.89 bits per heavy atom. The van der Waals surface area contributed by atoms with Gasteiger partial charge in [0, 0.05) is 23.2 Å². The highest BCUT2D eigenvalue weighted by Crippen LogP contribution is 2.28. The summed E-state index contributed by atoms with van der Waals surface area (Å²) < 4.78 is 5.67. The Hall–Kier alpha value is -0.280. The molecule has 108 valence electrons. The summed E-state index contributed by atoms with van der Waals surface area (Å²) >= 11 is 12.3. The van der Waals surface area contributed by atoms with Gasteiger partial charge in [-0.3, -0.25) is 0 Å². The number of hydrogen-bond donors (Lipinski definition) is 1. The van der Waals surface area contributed by atoms with Gasteiger partial charge in [0.2, 0.25) is 0 Å². The van der Waals surface area contributed by atoms with Crippen molar-refractivity contribution in [3.8, 4) is 0 Å². The smallest absolute Gasteiger partial charge is 0.0775 e. The molecule has 0 spiro atoms. The van der Waals surface area contributed by atoms with Crippen molar-refractivity contribution in [3.63, 3.8) is 0 Å². The van der Waals surface area contributed by atoms with E-state index >= 15 is 0 Å². The molecule has 0 aliphatic carbocycles. The first-order valence-corrected chi connectivity index (χ1v) is 7.19. The van der Waals surface area contributed by atoms with E-state index in [-0.39, 0.29) is 17.6 Å². The van der Waals surface area contributed by atoms with E-state index in [0.717, 1.165) is 17.0 Å². The van der Waals surface area contributed by atoms with Crippen LogP contribution in [0.5, 0.6) is 0 Å². The van der Waals surface area contributed by atoms with E-state index in [1.807, 2.05) is 19.2 Å². The standard InChI is InChI=1S/C15H23Cl2NO/c1-15(2,3)14(19-5)13(18-4)9-10-8-11(16)6-7-12(10)17/h6-8,13-14,18H,9H2,1-5H3. The summed E-state index contributed by atoms with van der Waals surface area (Å²) in [5.41, 5.74) is 1.09. The maximum Gasteiger partial charge on any atom is 0.0775 e. The maximum absolute atomic E-state index is 6.23. The minimum absolute atomic E-state index is 0.0491.